The van der Waals surface area contributed by atoms with Gasteiger partial charge in [0.2, 0.25) is 0 Å². The predicted molar refractivity (Wildman–Crippen MR) is 81.9 cm³/mol. The van der Waals surface area contributed by atoms with Gasteiger partial charge in [-0.3, -0.25) is 0 Å². The van der Waals surface area contributed by atoms with Crippen molar-refractivity contribution in [3.63, 3.8) is 0 Å². The quantitative estimate of drug-likeness (QED) is 0.871. The number of anilines is 1. The van der Waals surface area contributed by atoms with Gasteiger partial charge in [0, 0.05) is 25.3 Å². The minimum Gasteiger partial charge on any atom is -0.467 e. The monoisotopic (exact) mass is 270 g/mol. The van der Waals surface area contributed by atoms with Crippen molar-refractivity contribution in [1.82, 2.24) is 5.32 Å². The fourth-order valence-electron chi connectivity index (χ4n) is 2.53. The molecule has 3 rings (SSSR count). The number of nitrogens with one attached hydrogen (secondary N) is 1. The molecule has 1 saturated carbocycles. The van der Waals surface area contributed by atoms with Gasteiger partial charge < -0.3 is 14.6 Å². The molecule has 0 aliphatic heterocycles. The number of benzene rings is 1. The fraction of sp³-hybridized carbons (Fsp3) is 0.412. The molecule has 1 fully saturated rings. The molecule has 1 aliphatic rings. The standard InChI is InChI=1S/C17H22N2O/c1-13-10-14(11-18-15-6-7-15)5-8-17(13)19(2)12-16-4-3-9-20-16/h3-5,8-10,15,18H,6-7,11-12H2,1-2H3. The molecule has 1 heterocycles. The summed E-state index contributed by atoms with van der Waals surface area (Å²) in [7, 11) is 2.10. The molecule has 3 heteroatoms. The molecule has 0 atom stereocenters. The lowest BCUT2D eigenvalue weighted by molar-refractivity contribution is 0.507. The van der Waals surface area contributed by atoms with Gasteiger partial charge in [-0.2, -0.15) is 0 Å². The molecule has 2 aromatic rings. The summed E-state index contributed by atoms with van der Waals surface area (Å²) < 4.78 is 5.41. The van der Waals surface area contributed by atoms with Crippen molar-refractivity contribution in [2.24, 2.45) is 0 Å². The Balaban J connectivity index is 1.66. The predicted octanol–water partition coefficient (Wildman–Crippen LogP) is 3.48. The van der Waals surface area contributed by atoms with Crippen LogP contribution in [0.5, 0.6) is 0 Å². The van der Waals surface area contributed by atoms with E-state index in [1.54, 1.807) is 6.26 Å². The Kier molecular flexibility index (Phi) is 3.79. The molecule has 1 aliphatic carbocycles. The fourth-order valence-corrected chi connectivity index (χ4v) is 2.53. The first-order valence-corrected chi connectivity index (χ1v) is 7.29. The van der Waals surface area contributed by atoms with E-state index in [0.717, 1.165) is 24.9 Å². The van der Waals surface area contributed by atoms with E-state index in [1.807, 2.05) is 12.1 Å². The van der Waals surface area contributed by atoms with E-state index in [9.17, 15) is 0 Å². The largest absolute Gasteiger partial charge is 0.467 e. The Morgan fingerprint density at radius 2 is 2.15 bits per heavy atom. The molecule has 0 saturated heterocycles. The van der Waals surface area contributed by atoms with Gasteiger partial charge in [0.1, 0.15) is 5.76 Å². The lowest BCUT2D eigenvalue weighted by atomic mass is 10.1. The van der Waals surface area contributed by atoms with E-state index >= 15 is 0 Å². The second kappa shape index (κ2) is 5.71. The zero-order valence-corrected chi connectivity index (χ0v) is 12.2. The summed E-state index contributed by atoms with van der Waals surface area (Å²) in [5.74, 6) is 0.992. The van der Waals surface area contributed by atoms with E-state index in [-0.39, 0.29) is 0 Å². The van der Waals surface area contributed by atoms with Crippen LogP contribution in [-0.4, -0.2) is 13.1 Å². The number of hydrogen-bond donors (Lipinski definition) is 1. The van der Waals surface area contributed by atoms with Gasteiger partial charge in [-0.25, -0.2) is 0 Å². The molecule has 0 unspecified atom stereocenters. The van der Waals surface area contributed by atoms with Crippen LogP contribution in [0.4, 0.5) is 5.69 Å². The van der Waals surface area contributed by atoms with Crippen LogP contribution in [0.1, 0.15) is 29.7 Å². The van der Waals surface area contributed by atoms with Crippen LogP contribution in [0.3, 0.4) is 0 Å². The molecule has 1 aromatic heterocycles. The van der Waals surface area contributed by atoms with E-state index in [4.69, 9.17) is 4.42 Å². The summed E-state index contributed by atoms with van der Waals surface area (Å²) in [6.07, 6.45) is 4.40. The number of aryl methyl sites for hydroxylation is 1. The number of nitrogens with zero attached hydrogens (tertiary/aromatic N) is 1. The zero-order valence-electron chi connectivity index (χ0n) is 12.2. The van der Waals surface area contributed by atoms with Crippen LogP contribution in [0.15, 0.2) is 41.0 Å². The Morgan fingerprint density at radius 3 is 2.80 bits per heavy atom. The first-order valence-electron chi connectivity index (χ1n) is 7.29. The molecule has 3 nitrogen and oxygen atoms in total. The molecule has 0 spiro atoms. The molecule has 106 valence electrons. The van der Waals surface area contributed by atoms with Gasteiger partial charge in [0.25, 0.3) is 0 Å². The van der Waals surface area contributed by atoms with Crippen molar-refractivity contribution >= 4 is 5.69 Å². The number of rotatable bonds is 6. The SMILES string of the molecule is Cc1cc(CNC2CC2)ccc1N(C)Cc1ccco1. The van der Waals surface area contributed by atoms with Gasteiger partial charge in [0.15, 0.2) is 0 Å². The minimum atomic E-state index is 0.761. The highest BCUT2D eigenvalue weighted by molar-refractivity contribution is 5.54. The van der Waals surface area contributed by atoms with Crippen LogP contribution in [0.25, 0.3) is 0 Å². The second-order valence-corrected chi connectivity index (χ2v) is 5.71. The smallest absolute Gasteiger partial charge is 0.123 e. The van der Waals surface area contributed by atoms with E-state index < -0.39 is 0 Å². The Hall–Kier alpha value is -1.74. The summed E-state index contributed by atoms with van der Waals surface area (Å²) in [4.78, 5) is 2.23. The summed E-state index contributed by atoms with van der Waals surface area (Å²) in [5.41, 5.74) is 3.94. The highest BCUT2D eigenvalue weighted by atomic mass is 16.3. The van der Waals surface area contributed by atoms with Crippen molar-refractivity contribution in [2.45, 2.75) is 38.9 Å². The Labute approximate surface area is 120 Å². The highest BCUT2D eigenvalue weighted by Crippen LogP contribution is 2.23. The topological polar surface area (TPSA) is 28.4 Å². The van der Waals surface area contributed by atoms with Crippen LogP contribution in [-0.2, 0) is 13.1 Å². The van der Waals surface area contributed by atoms with Crippen molar-refractivity contribution in [1.29, 1.82) is 0 Å². The van der Waals surface area contributed by atoms with Crippen LogP contribution in [0, 0.1) is 6.92 Å². The lowest BCUT2D eigenvalue weighted by Crippen LogP contribution is -2.18. The van der Waals surface area contributed by atoms with Crippen LogP contribution >= 0.6 is 0 Å². The number of hydrogen-bond acceptors (Lipinski definition) is 3. The van der Waals surface area contributed by atoms with Crippen molar-refractivity contribution in [3.8, 4) is 0 Å². The molecule has 0 amide bonds. The molecule has 0 radical (unpaired) electrons. The average molecular weight is 270 g/mol. The summed E-state index contributed by atoms with van der Waals surface area (Å²) in [6.45, 7) is 3.95. The maximum Gasteiger partial charge on any atom is 0.123 e. The van der Waals surface area contributed by atoms with Crippen molar-refractivity contribution in [3.05, 3.63) is 53.5 Å². The van der Waals surface area contributed by atoms with Gasteiger partial charge in [-0.15, -0.1) is 0 Å². The third kappa shape index (κ3) is 3.23. The van der Waals surface area contributed by atoms with Crippen molar-refractivity contribution in [2.75, 3.05) is 11.9 Å². The number of furan rings is 1. The average Bonchev–Trinajstić information content (AvgIpc) is 3.13. The first kappa shape index (κ1) is 13.3. The molecular formula is C17H22N2O. The molecule has 0 bridgehead atoms. The van der Waals surface area contributed by atoms with Gasteiger partial charge in [-0.1, -0.05) is 12.1 Å². The zero-order chi connectivity index (χ0) is 13.9. The van der Waals surface area contributed by atoms with Gasteiger partial charge in [0.05, 0.1) is 12.8 Å². The van der Waals surface area contributed by atoms with Crippen LogP contribution in [0.2, 0.25) is 0 Å². The summed E-state index contributed by atoms with van der Waals surface area (Å²) in [6, 6.07) is 11.4. The molecule has 1 N–H and O–H groups in total. The van der Waals surface area contributed by atoms with E-state index in [0.29, 0.717) is 0 Å². The molecule has 20 heavy (non-hydrogen) atoms. The summed E-state index contributed by atoms with van der Waals surface area (Å²) in [5, 5.41) is 3.56. The third-order valence-electron chi connectivity index (χ3n) is 3.82. The molecular weight excluding hydrogens is 248 g/mol. The highest BCUT2D eigenvalue weighted by Gasteiger charge is 2.20. The van der Waals surface area contributed by atoms with E-state index in [1.165, 1.54) is 29.7 Å². The van der Waals surface area contributed by atoms with Crippen molar-refractivity contribution < 1.29 is 4.42 Å². The van der Waals surface area contributed by atoms with Gasteiger partial charge in [-0.05, 0) is 49.1 Å². The summed E-state index contributed by atoms with van der Waals surface area (Å²) >= 11 is 0. The van der Waals surface area contributed by atoms with E-state index in [2.05, 4.69) is 42.4 Å². The maximum absolute atomic E-state index is 5.41. The van der Waals surface area contributed by atoms with Crippen LogP contribution < -0.4 is 10.2 Å². The minimum absolute atomic E-state index is 0.761. The molecule has 1 aromatic carbocycles. The Morgan fingerprint density at radius 1 is 1.30 bits per heavy atom. The first-order chi connectivity index (χ1) is 9.72. The second-order valence-electron chi connectivity index (χ2n) is 5.71. The normalized spacial score (nSPS) is 14.5. The van der Waals surface area contributed by atoms with Gasteiger partial charge >= 0.3 is 0 Å². The third-order valence-corrected chi connectivity index (χ3v) is 3.82. The lowest BCUT2D eigenvalue weighted by Gasteiger charge is -2.21. The maximum atomic E-state index is 5.41. The Bertz CT molecular complexity index is 558.